The molecule has 4 heteroatoms. The third kappa shape index (κ3) is 3.89. The van der Waals surface area contributed by atoms with Gasteiger partial charge in [-0.25, -0.2) is 9.67 Å². The molecule has 19 heavy (non-hydrogen) atoms. The smallest absolute Gasteiger partial charge is 0.140 e. The molecule has 0 saturated carbocycles. The van der Waals surface area contributed by atoms with Crippen LogP contribution in [0.2, 0.25) is 0 Å². The lowest BCUT2D eigenvalue weighted by Crippen LogP contribution is -2.19. The van der Waals surface area contributed by atoms with Crippen LogP contribution in [0.4, 0.5) is 0 Å². The minimum Gasteiger partial charge on any atom is -0.306 e. The average molecular weight is 258 g/mol. The summed E-state index contributed by atoms with van der Waals surface area (Å²) in [5.41, 5.74) is 2.65. The lowest BCUT2D eigenvalue weighted by molar-refractivity contribution is 0.457. The minimum absolute atomic E-state index is 0.580. The third-order valence-electron chi connectivity index (χ3n) is 3.09. The Morgan fingerprint density at radius 2 is 2.00 bits per heavy atom. The molecule has 1 aromatic heterocycles. The van der Waals surface area contributed by atoms with Crippen LogP contribution in [-0.4, -0.2) is 14.8 Å². The number of hydrogen-bond donors (Lipinski definition) is 1. The quantitative estimate of drug-likeness (QED) is 0.866. The van der Waals surface area contributed by atoms with E-state index in [1.807, 2.05) is 4.68 Å². The first-order valence-electron chi connectivity index (χ1n) is 6.78. The van der Waals surface area contributed by atoms with Gasteiger partial charge in [0.1, 0.15) is 12.2 Å². The normalized spacial score (nSPS) is 11.2. The van der Waals surface area contributed by atoms with Gasteiger partial charge in [0.2, 0.25) is 0 Å². The first-order valence-corrected chi connectivity index (χ1v) is 6.78. The van der Waals surface area contributed by atoms with Gasteiger partial charge >= 0.3 is 0 Å². The summed E-state index contributed by atoms with van der Waals surface area (Å²) >= 11 is 0. The van der Waals surface area contributed by atoms with Crippen molar-refractivity contribution in [1.82, 2.24) is 20.1 Å². The Bertz CT molecular complexity index is 516. The van der Waals surface area contributed by atoms with Crippen molar-refractivity contribution in [3.63, 3.8) is 0 Å². The molecule has 0 unspecified atom stereocenters. The number of benzene rings is 1. The van der Waals surface area contributed by atoms with Gasteiger partial charge in [0.25, 0.3) is 0 Å². The molecule has 0 atom stereocenters. The van der Waals surface area contributed by atoms with E-state index in [2.05, 4.69) is 60.4 Å². The topological polar surface area (TPSA) is 42.7 Å². The number of aryl methyl sites for hydroxylation is 1. The van der Waals surface area contributed by atoms with Crippen LogP contribution in [-0.2, 0) is 19.6 Å². The maximum absolute atomic E-state index is 4.31. The Hall–Kier alpha value is -1.68. The molecule has 2 rings (SSSR count). The fourth-order valence-electron chi connectivity index (χ4n) is 2.04. The number of aromatic nitrogens is 3. The maximum Gasteiger partial charge on any atom is 0.140 e. The molecule has 0 spiro atoms. The Morgan fingerprint density at radius 3 is 2.74 bits per heavy atom. The predicted molar refractivity (Wildman–Crippen MR) is 76.6 cm³/mol. The van der Waals surface area contributed by atoms with Crippen LogP contribution >= 0.6 is 0 Å². The van der Waals surface area contributed by atoms with E-state index in [1.165, 1.54) is 11.1 Å². The Labute approximate surface area is 114 Å². The van der Waals surface area contributed by atoms with Crippen molar-refractivity contribution in [3.05, 3.63) is 47.5 Å². The van der Waals surface area contributed by atoms with Crippen LogP contribution in [0.15, 0.2) is 30.6 Å². The molecule has 0 aliphatic carbocycles. The SMILES string of the molecule is Cc1ccccc1CNCc1ncnn1CC(C)C. The molecule has 1 heterocycles. The second kappa shape index (κ2) is 6.48. The van der Waals surface area contributed by atoms with Gasteiger partial charge in [0, 0.05) is 13.1 Å². The molecular weight excluding hydrogens is 236 g/mol. The summed E-state index contributed by atoms with van der Waals surface area (Å²) < 4.78 is 1.98. The summed E-state index contributed by atoms with van der Waals surface area (Å²) in [4.78, 5) is 4.31. The van der Waals surface area contributed by atoms with Crippen LogP contribution < -0.4 is 5.32 Å². The monoisotopic (exact) mass is 258 g/mol. The van der Waals surface area contributed by atoms with E-state index >= 15 is 0 Å². The Balaban J connectivity index is 1.89. The van der Waals surface area contributed by atoms with Gasteiger partial charge in [0.15, 0.2) is 0 Å². The standard InChI is InChI=1S/C15H22N4/c1-12(2)10-19-15(17-11-18-19)9-16-8-14-7-5-4-6-13(14)3/h4-7,11-12,16H,8-10H2,1-3H3. The summed E-state index contributed by atoms with van der Waals surface area (Å²) in [6.45, 7) is 9.04. The van der Waals surface area contributed by atoms with Gasteiger partial charge in [-0.15, -0.1) is 0 Å². The molecule has 0 saturated heterocycles. The Morgan fingerprint density at radius 1 is 1.21 bits per heavy atom. The molecular formula is C15H22N4. The van der Waals surface area contributed by atoms with Gasteiger partial charge < -0.3 is 5.32 Å². The van der Waals surface area contributed by atoms with E-state index in [9.17, 15) is 0 Å². The summed E-state index contributed by atoms with van der Waals surface area (Å²) in [7, 11) is 0. The molecule has 1 aromatic carbocycles. The van der Waals surface area contributed by atoms with Crippen molar-refractivity contribution in [3.8, 4) is 0 Å². The van der Waals surface area contributed by atoms with Crippen molar-refractivity contribution in [2.24, 2.45) is 5.92 Å². The van der Waals surface area contributed by atoms with Gasteiger partial charge in [-0.3, -0.25) is 0 Å². The van der Waals surface area contributed by atoms with Crippen molar-refractivity contribution in [2.75, 3.05) is 0 Å². The molecule has 0 amide bonds. The minimum atomic E-state index is 0.580. The van der Waals surface area contributed by atoms with Crippen molar-refractivity contribution < 1.29 is 0 Å². The zero-order valence-corrected chi connectivity index (χ0v) is 11.9. The average Bonchev–Trinajstić information content (AvgIpc) is 2.78. The fraction of sp³-hybridized carbons (Fsp3) is 0.467. The second-order valence-corrected chi connectivity index (χ2v) is 5.28. The molecule has 0 bridgehead atoms. The highest BCUT2D eigenvalue weighted by atomic mass is 15.3. The maximum atomic E-state index is 4.31. The van der Waals surface area contributed by atoms with E-state index in [0.717, 1.165) is 25.5 Å². The first-order chi connectivity index (χ1) is 9.16. The van der Waals surface area contributed by atoms with Crippen LogP contribution in [0.1, 0.15) is 30.8 Å². The molecule has 102 valence electrons. The first kappa shape index (κ1) is 13.7. The summed E-state index contributed by atoms with van der Waals surface area (Å²) in [5, 5.41) is 7.70. The number of rotatable bonds is 6. The van der Waals surface area contributed by atoms with E-state index < -0.39 is 0 Å². The van der Waals surface area contributed by atoms with E-state index in [0.29, 0.717) is 5.92 Å². The lowest BCUT2D eigenvalue weighted by atomic mass is 10.1. The number of hydrogen-bond acceptors (Lipinski definition) is 3. The molecule has 4 nitrogen and oxygen atoms in total. The second-order valence-electron chi connectivity index (χ2n) is 5.28. The molecule has 0 aliphatic heterocycles. The number of nitrogens with one attached hydrogen (secondary N) is 1. The highest BCUT2D eigenvalue weighted by Gasteiger charge is 2.05. The van der Waals surface area contributed by atoms with Gasteiger partial charge in [-0.1, -0.05) is 38.1 Å². The van der Waals surface area contributed by atoms with E-state index in [-0.39, 0.29) is 0 Å². The van der Waals surface area contributed by atoms with Crippen molar-refractivity contribution in [2.45, 2.75) is 40.4 Å². The van der Waals surface area contributed by atoms with E-state index in [1.54, 1.807) is 6.33 Å². The largest absolute Gasteiger partial charge is 0.306 e. The molecule has 0 aliphatic rings. The van der Waals surface area contributed by atoms with Gasteiger partial charge in [-0.05, 0) is 24.0 Å². The zero-order valence-electron chi connectivity index (χ0n) is 11.9. The molecule has 1 N–H and O–H groups in total. The molecule has 0 fully saturated rings. The van der Waals surface area contributed by atoms with Crippen LogP contribution in [0.3, 0.4) is 0 Å². The third-order valence-corrected chi connectivity index (χ3v) is 3.09. The summed E-state index contributed by atoms with van der Waals surface area (Å²) in [6.07, 6.45) is 1.63. The molecule has 0 radical (unpaired) electrons. The summed E-state index contributed by atoms with van der Waals surface area (Å²) in [6, 6.07) is 8.43. The zero-order chi connectivity index (χ0) is 13.7. The van der Waals surface area contributed by atoms with Crippen LogP contribution in [0.5, 0.6) is 0 Å². The van der Waals surface area contributed by atoms with Crippen LogP contribution in [0, 0.1) is 12.8 Å². The van der Waals surface area contributed by atoms with Crippen LogP contribution in [0.25, 0.3) is 0 Å². The van der Waals surface area contributed by atoms with Gasteiger partial charge in [0.05, 0.1) is 6.54 Å². The van der Waals surface area contributed by atoms with Gasteiger partial charge in [-0.2, -0.15) is 5.10 Å². The molecule has 2 aromatic rings. The predicted octanol–water partition coefficient (Wildman–Crippen LogP) is 2.53. The Kier molecular flexibility index (Phi) is 4.68. The van der Waals surface area contributed by atoms with Crippen molar-refractivity contribution >= 4 is 0 Å². The van der Waals surface area contributed by atoms with E-state index in [4.69, 9.17) is 0 Å². The number of nitrogens with zero attached hydrogens (tertiary/aromatic N) is 3. The highest BCUT2D eigenvalue weighted by molar-refractivity contribution is 5.25. The summed E-state index contributed by atoms with van der Waals surface area (Å²) in [5.74, 6) is 1.58. The fourth-order valence-corrected chi connectivity index (χ4v) is 2.04. The lowest BCUT2D eigenvalue weighted by Gasteiger charge is -2.10. The highest BCUT2D eigenvalue weighted by Crippen LogP contribution is 2.07. The van der Waals surface area contributed by atoms with Crippen molar-refractivity contribution in [1.29, 1.82) is 0 Å².